The van der Waals surface area contributed by atoms with E-state index in [1.54, 1.807) is 0 Å². The van der Waals surface area contributed by atoms with E-state index in [1.807, 2.05) is 0 Å². The third kappa shape index (κ3) is 3.76. The smallest absolute Gasteiger partial charge is 0.244 e. The number of carbonyl (C=O) groups is 1. The van der Waals surface area contributed by atoms with Gasteiger partial charge in [-0.15, -0.1) is 0 Å². The Balaban J connectivity index is 2.83. The standard InChI is InChI=1S/C10H14BrN3O3S/c1-12-10(15)3-4-14(2)18(16,17)9-5-8(11)6-13-7-9/h5-7H,3-4H2,1-2H3,(H,12,15). The first-order valence-corrected chi connectivity index (χ1v) is 7.38. The fraction of sp³-hybridized carbons (Fsp3) is 0.400. The number of nitrogens with zero attached hydrogens (tertiary/aromatic N) is 2. The van der Waals surface area contributed by atoms with Gasteiger partial charge in [-0.3, -0.25) is 9.78 Å². The molecule has 100 valence electrons. The molecule has 0 saturated heterocycles. The van der Waals surface area contributed by atoms with Gasteiger partial charge in [0.15, 0.2) is 0 Å². The number of sulfonamides is 1. The topological polar surface area (TPSA) is 79.4 Å². The number of halogens is 1. The predicted molar refractivity (Wildman–Crippen MR) is 70.4 cm³/mol. The van der Waals surface area contributed by atoms with Crippen LogP contribution in [-0.4, -0.2) is 44.3 Å². The Morgan fingerprint density at radius 3 is 2.72 bits per heavy atom. The van der Waals surface area contributed by atoms with Crippen LogP contribution in [0.3, 0.4) is 0 Å². The minimum Gasteiger partial charge on any atom is -0.359 e. The van der Waals surface area contributed by atoms with Crippen LogP contribution < -0.4 is 5.32 Å². The van der Waals surface area contributed by atoms with Gasteiger partial charge in [0.2, 0.25) is 15.9 Å². The van der Waals surface area contributed by atoms with Gasteiger partial charge in [-0.1, -0.05) is 0 Å². The van der Waals surface area contributed by atoms with Crippen LogP contribution in [0.2, 0.25) is 0 Å². The van der Waals surface area contributed by atoms with Gasteiger partial charge in [0, 0.05) is 43.9 Å². The number of rotatable bonds is 5. The van der Waals surface area contributed by atoms with Gasteiger partial charge in [-0.25, -0.2) is 12.7 Å². The van der Waals surface area contributed by atoms with Crippen LogP contribution in [0.4, 0.5) is 0 Å². The lowest BCUT2D eigenvalue weighted by Crippen LogP contribution is -2.31. The molecule has 1 aromatic rings. The summed E-state index contributed by atoms with van der Waals surface area (Å²) in [6.07, 6.45) is 2.90. The molecule has 0 unspecified atom stereocenters. The molecule has 0 aliphatic heterocycles. The third-order valence-corrected chi connectivity index (χ3v) is 4.58. The first-order chi connectivity index (χ1) is 8.37. The second-order valence-electron chi connectivity index (χ2n) is 3.59. The summed E-state index contributed by atoms with van der Waals surface area (Å²) < 4.78 is 26.0. The number of nitrogens with one attached hydrogen (secondary N) is 1. The van der Waals surface area contributed by atoms with E-state index >= 15 is 0 Å². The lowest BCUT2D eigenvalue weighted by atomic mass is 10.4. The largest absolute Gasteiger partial charge is 0.359 e. The number of pyridine rings is 1. The molecule has 0 spiro atoms. The van der Waals surface area contributed by atoms with Gasteiger partial charge in [-0.2, -0.15) is 0 Å². The van der Waals surface area contributed by atoms with Crippen LogP contribution in [0, 0.1) is 0 Å². The van der Waals surface area contributed by atoms with Crippen LogP contribution in [-0.2, 0) is 14.8 Å². The maximum Gasteiger partial charge on any atom is 0.244 e. The molecule has 0 aliphatic carbocycles. The van der Waals surface area contributed by atoms with E-state index in [-0.39, 0.29) is 23.8 Å². The van der Waals surface area contributed by atoms with Gasteiger partial charge >= 0.3 is 0 Å². The van der Waals surface area contributed by atoms with Crippen molar-refractivity contribution >= 4 is 31.9 Å². The Morgan fingerprint density at radius 2 is 2.17 bits per heavy atom. The van der Waals surface area contributed by atoms with Crippen LogP contribution in [0.25, 0.3) is 0 Å². The number of hydrogen-bond donors (Lipinski definition) is 1. The molecule has 8 heteroatoms. The summed E-state index contributed by atoms with van der Waals surface area (Å²) in [4.78, 5) is 15.0. The Morgan fingerprint density at radius 1 is 1.50 bits per heavy atom. The molecule has 1 rings (SSSR count). The molecule has 1 aromatic heterocycles. The highest BCUT2D eigenvalue weighted by atomic mass is 79.9. The highest BCUT2D eigenvalue weighted by molar-refractivity contribution is 9.10. The zero-order chi connectivity index (χ0) is 13.8. The minimum absolute atomic E-state index is 0.0938. The average molecular weight is 336 g/mol. The molecule has 0 aromatic carbocycles. The first kappa shape index (κ1) is 15.1. The minimum atomic E-state index is -3.60. The Hall–Kier alpha value is -0.990. The zero-order valence-corrected chi connectivity index (χ0v) is 12.5. The van der Waals surface area contributed by atoms with Gasteiger partial charge in [0.25, 0.3) is 0 Å². The zero-order valence-electron chi connectivity index (χ0n) is 10.1. The van der Waals surface area contributed by atoms with E-state index in [0.717, 1.165) is 4.31 Å². The fourth-order valence-electron chi connectivity index (χ4n) is 1.22. The second-order valence-corrected chi connectivity index (χ2v) is 6.55. The van der Waals surface area contributed by atoms with E-state index in [1.165, 1.54) is 32.6 Å². The van der Waals surface area contributed by atoms with Gasteiger partial charge < -0.3 is 5.32 Å². The normalized spacial score (nSPS) is 11.6. The molecule has 0 aliphatic rings. The van der Waals surface area contributed by atoms with Crippen LogP contribution >= 0.6 is 15.9 Å². The molecule has 0 atom stereocenters. The average Bonchev–Trinajstić information content (AvgIpc) is 2.35. The summed E-state index contributed by atoms with van der Waals surface area (Å²) in [5.74, 6) is -0.204. The monoisotopic (exact) mass is 335 g/mol. The number of carbonyl (C=O) groups excluding carboxylic acids is 1. The van der Waals surface area contributed by atoms with E-state index in [4.69, 9.17) is 0 Å². The van der Waals surface area contributed by atoms with E-state index < -0.39 is 10.0 Å². The SMILES string of the molecule is CNC(=O)CCN(C)S(=O)(=O)c1cncc(Br)c1. The van der Waals surface area contributed by atoms with E-state index in [0.29, 0.717) is 4.47 Å². The molecule has 0 radical (unpaired) electrons. The molecule has 1 amide bonds. The lowest BCUT2D eigenvalue weighted by molar-refractivity contribution is -0.120. The molecule has 0 bridgehead atoms. The van der Waals surface area contributed by atoms with Crippen LogP contribution in [0.5, 0.6) is 0 Å². The Bertz CT molecular complexity index is 533. The maximum absolute atomic E-state index is 12.1. The number of amides is 1. The van der Waals surface area contributed by atoms with Crippen LogP contribution in [0.15, 0.2) is 27.8 Å². The highest BCUT2D eigenvalue weighted by Crippen LogP contribution is 2.17. The molecule has 1 heterocycles. The van der Waals surface area contributed by atoms with Crippen molar-refractivity contribution < 1.29 is 13.2 Å². The molecule has 0 saturated carbocycles. The first-order valence-electron chi connectivity index (χ1n) is 5.15. The van der Waals surface area contributed by atoms with E-state index in [2.05, 4.69) is 26.2 Å². The summed E-state index contributed by atoms with van der Waals surface area (Å²) in [6.45, 7) is 0.120. The molecular formula is C10H14BrN3O3S. The summed E-state index contributed by atoms with van der Waals surface area (Å²) in [7, 11) is -0.666. The van der Waals surface area contributed by atoms with Crippen molar-refractivity contribution in [1.82, 2.24) is 14.6 Å². The fourth-order valence-corrected chi connectivity index (χ4v) is 2.90. The summed E-state index contributed by atoms with van der Waals surface area (Å²) in [5.41, 5.74) is 0. The van der Waals surface area contributed by atoms with Crippen molar-refractivity contribution in [2.45, 2.75) is 11.3 Å². The van der Waals surface area contributed by atoms with E-state index in [9.17, 15) is 13.2 Å². The molecular weight excluding hydrogens is 322 g/mol. The van der Waals surface area contributed by atoms with Crippen molar-refractivity contribution in [1.29, 1.82) is 0 Å². The number of aromatic nitrogens is 1. The van der Waals surface area contributed by atoms with Gasteiger partial charge in [-0.05, 0) is 22.0 Å². The predicted octanol–water partition coefficient (Wildman–Crippen LogP) is 0.601. The maximum atomic E-state index is 12.1. The third-order valence-electron chi connectivity index (χ3n) is 2.32. The Labute approximate surface area is 115 Å². The van der Waals surface area contributed by atoms with Crippen molar-refractivity contribution in [2.75, 3.05) is 20.6 Å². The molecule has 18 heavy (non-hydrogen) atoms. The molecule has 6 nitrogen and oxygen atoms in total. The molecule has 0 fully saturated rings. The summed E-state index contributed by atoms with van der Waals surface area (Å²) >= 11 is 3.17. The second kappa shape index (κ2) is 6.26. The molecule has 1 N–H and O–H groups in total. The number of hydrogen-bond acceptors (Lipinski definition) is 4. The summed E-state index contributed by atoms with van der Waals surface area (Å²) in [5, 5.41) is 2.44. The van der Waals surface area contributed by atoms with Gasteiger partial charge in [0.05, 0.1) is 0 Å². The lowest BCUT2D eigenvalue weighted by Gasteiger charge is -2.16. The van der Waals surface area contributed by atoms with Crippen molar-refractivity contribution in [2.24, 2.45) is 0 Å². The van der Waals surface area contributed by atoms with Gasteiger partial charge in [0.1, 0.15) is 4.90 Å². The quantitative estimate of drug-likeness (QED) is 0.854. The highest BCUT2D eigenvalue weighted by Gasteiger charge is 2.21. The van der Waals surface area contributed by atoms with Crippen molar-refractivity contribution in [3.63, 3.8) is 0 Å². The Kier molecular flexibility index (Phi) is 5.24. The summed E-state index contributed by atoms with van der Waals surface area (Å²) in [6, 6.07) is 1.47. The van der Waals surface area contributed by atoms with Crippen LogP contribution in [0.1, 0.15) is 6.42 Å². The van der Waals surface area contributed by atoms with Crippen molar-refractivity contribution in [3.05, 3.63) is 22.9 Å². The van der Waals surface area contributed by atoms with Crippen molar-refractivity contribution in [3.8, 4) is 0 Å².